The van der Waals surface area contributed by atoms with E-state index < -0.39 is 0 Å². The summed E-state index contributed by atoms with van der Waals surface area (Å²) in [4.78, 5) is 0. The van der Waals surface area contributed by atoms with Gasteiger partial charge in [0.1, 0.15) is 5.82 Å². The second-order valence-corrected chi connectivity index (χ2v) is 4.49. The van der Waals surface area contributed by atoms with Crippen molar-refractivity contribution in [3.8, 4) is 0 Å². The van der Waals surface area contributed by atoms with Crippen molar-refractivity contribution in [2.45, 2.75) is 19.3 Å². The average molecular weight is 207 g/mol. The van der Waals surface area contributed by atoms with Crippen LogP contribution in [0.3, 0.4) is 0 Å². The standard InChI is InChI=1S/C13H18FN/c1-15-9-12-5-4-11(12)8-10-2-6-13(14)7-3-10/h2-3,6-7,11-12,15H,4-5,8-9H2,1H3. The zero-order valence-electron chi connectivity index (χ0n) is 9.17. The van der Waals surface area contributed by atoms with Crippen LogP contribution in [0.4, 0.5) is 4.39 Å². The van der Waals surface area contributed by atoms with Gasteiger partial charge in [-0.25, -0.2) is 4.39 Å². The van der Waals surface area contributed by atoms with Gasteiger partial charge in [0.2, 0.25) is 0 Å². The van der Waals surface area contributed by atoms with Crippen LogP contribution in [0.2, 0.25) is 0 Å². The minimum Gasteiger partial charge on any atom is -0.319 e. The first-order valence-corrected chi connectivity index (χ1v) is 5.68. The van der Waals surface area contributed by atoms with E-state index in [0.29, 0.717) is 0 Å². The van der Waals surface area contributed by atoms with Crippen molar-refractivity contribution in [1.29, 1.82) is 0 Å². The Morgan fingerprint density at radius 2 is 1.87 bits per heavy atom. The molecule has 0 aliphatic heterocycles. The lowest BCUT2D eigenvalue weighted by Crippen LogP contribution is -2.35. The first-order chi connectivity index (χ1) is 7.29. The Labute approximate surface area is 90.7 Å². The predicted octanol–water partition coefficient (Wildman–Crippen LogP) is 2.61. The van der Waals surface area contributed by atoms with Gasteiger partial charge < -0.3 is 5.32 Å². The first-order valence-electron chi connectivity index (χ1n) is 5.68. The van der Waals surface area contributed by atoms with Crippen molar-refractivity contribution in [2.75, 3.05) is 13.6 Å². The highest BCUT2D eigenvalue weighted by Crippen LogP contribution is 2.36. The van der Waals surface area contributed by atoms with Crippen molar-refractivity contribution < 1.29 is 4.39 Å². The quantitative estimate of drug-likeness (QED) is 0.800. The molecule has 1 aliphatic rings. The maximum absolute atomic E-state index is 12.7. The molecule has 2 rings (SSSR count). The minimum atomic E-state index is -0.140. The maximum Gasteiger partial charge on any atom is 0.123 e. The average Bonchev–Trinajstić information content (AvgIpc) is 2.23. The van der Waals surface area contributed by atoms with Gasteiger partial charge >= 0.3 is 0 Å². The van der Waals surface area contributed by atoms with Gasteiger partial charge in [-0.05, 0) is 62.4 Å². The van der Waals surface area contributed by atoms with Crippen LogP contribution >= 0.6 is 0 Å². The molecule has 2 atom stereocenters. The number of hydrogen-bond acceptors (Lipinski definition) is 1. The highest BCUT2D eigenvalue weighted by atomic mass is 19.1. The molecule has 0 spiro atoms. The number of nitrogens with one attached hydrogen (secondary N) is 1. The van der Waals surface area contributed by atoms with Crippen LogP contribution in [0.1, 0.15) is 18.4 Å². The second-order valence-electron chi connectivity index (χ2n) is 4.49. The lowest BCUT2D eigenvalue weighted by molar-refractivity contribution is 0.174. The van der Waals surface area contributed by atoms with E-state index in [0.717, 1.165) is 24.8 Å². The Morgan fingerprint density at radius 1 is 1.20 bits per heavy atom. The molecular formula is C13H18FN. The zero-order valence-corrected chi connectivity index (χ0v) is 9.17. The third-order valence-electron chi connectivity index (χ3n) is 3.45. The normalized spacial score (nSPS) is 24.9. The van der Waals surface area contributed by atoms with E-state index >= 15 is 0 Å². The van der Waals surface area contributed by atoms with Crippen LogP contribution in [0.25, 0.3) is 0 Å². The van der Waals surface area contributed by atoms with Gasteiger partial charge in [-0.2, -0.15) is 0 Å². The largest absolute Gasteiger partial charge is 0.319 e. The van der Waals surface area contributed by atoms with Crippen LogP contribution in [-0.4, -0.2) is 13.6 Å². The summed E-state index contributed by atoms with van der Waals surface area (Å²) in [5.41, 5.74) is 1.27. The van der Waals surface area contributed by atoms with Crippen molar-refractivity contribution in [1.82, 2.24) is 5.32 Å². The Balaban J connectivity index is 1.89. The van der Waals surface area contributed by atoms with Crippen molar-refractivity contribution in [3.63, 3.8) is 0 Å². The topological polar surface area (TPSA) is 12.0 Å². The van der Waals surface area contributed by atoms with Gasteiger partial charge in [-0.1, -0.05) is 12.1 Å². The Kier molecular flexibility index (Phi) is 3.37. The monoisotopic (exact) mass is 207 g/mol. The molecule has 2 heteroatoms. The van der Waals surface area contributed by atoms with E-state index in [-0.39, 0.29) is 5.82 Å². The van der Waals surface area contributed by atoms with Gasteiger partial charge in [0.25, 0.3) is 0 Å². The molecule has 1 aliphatic carbocycles. The number of rotatable bonds is 4. The Bertz CT molecular complexity index is 307. The summed E-state index contributed by atoms with van der Waals surface area (Å²) in [6.45, 7) is 1.12. The summed E-state index contributed by atoms with van der Waals surface area (Å²) in [5, 5.41) is 3.23. The molecule has 1 N–H and O–H groups in total. The molecule has 2 unspecified atom stereocenters. The number of benzene rings is 1. The van der Waals surface area contributed by atoms with E-state index in [1.54, 1.807) is 12.1 Å². The lowest BCUT2D eigenvalue weighted by atomic mass is 9.71. The summed E-state index contributed by atoms with van der Waals surface area (Å²) in [5.74, 6) is 1.47. The molecule has 0 aromatic heterocycles. The van der Waals surface area contributed by atoms with Crippen molar-refractivity contribution in [3.05, 3.63) is 35.6 Å². The smallest absolute Gasteiger partial charge is 0.123 e. The van der Waals surface area contributed by atoms with Gasteiger partial charge in [0, 0.05) is 0 Å². The molecule has 0 heterocycles. The molecule has 0 radical (unpaired) electrons. The SMILES string of the molecule is CNCC1CCC1Cc1ccc(F)cc1. The van der Waals surface area contributed by atoms with Crippen LogP contribution in [-0.2, 0) is 6.42 Å². The molecule has 1 aromatic rings. The fourth-order valence-corrected chi connectivity index (χ4v) is 2.36. The third-order valence-corrected chi connectivity index (χ3v) is 3.45. The van der Waals surface area contributed by atoms with E-state index in [2.05, 4.69) is 5.32 Å². The molecular weight excluding hydrogens is 189 g/mol. The fraction of sp³-hybridized carbons (Fsp3) is 0.538. The zero-order chi connectivity index (χ0) is 10.7. The molecule has 0 saturated heterocycles. The molecule has 82 valence electrons. The lowest BCUT2D eigenvalue weighted by Gasteiger charge is -2.36. The highest BCUT2D eigenvalue weighted by molar-refractivity contribution is 5.17. The fourth-order valence-electron chi connectivity index (χ4n) is 2.36. The van der Waals surface area contributed by atoms with Crippen LogP contribution in [0, 0.1) is 17.7 Å². The van der Waals surface area contributed by atoms with Gasteiger partial charge in [0.05, 0.1) is 0 Å². The number of halogens is 1. The molecule has 1 saturated carbocycles. The predicted molar refractivity (Wildman–Crippen MR) is 60.2 cm³/mol. The van der Waals surface area contributed by atoms with Crippen molar-refractivity contribution >= 4 is 0 Å². The second kappa shape index (κ2) is 4.75. The maximum atomic E-state index is 12.7. The molecule has 0 amide bonds. The van der Waals surface area contributed by atoms with E-state index in [1.165, 1.54) is 18.4 Å². The summed E-state index contributed by atoms with van der Waals surface area (Å²) < 4.78 is 12.7. The summed E-state index contributed by atoms with van der Waals surface area (Å²) in [7, 11) is 2.01. The van der Waals surface area contributed by atoms with E-state index in [9.17, 15) is 4.39 Å². The van der Waals surface area contributed by atoms with E-state index in [1.807, 2.05) is 19.2 Å². The number of hydrogen-bond donors (Lipinski definition) is 1. The van der Waals surface area contributed by atoms with Gasteiger partial charge in [-0.3, -0.25) is 0 Å². The summed E-state index contributed by atoms with van der Waals surface area (Å²) in [6.07, 6.45) is 3.77. The molecule has 1 fully saturated rings. The molecule has 1 nitrogen and oxygen atoms in total. The van der Waals surface area contributed by atoms with E-state index in [4.69, 9.17) is 0 Å². The van der Waals surface area contributed by atoms with Gasteiger partial charge in [-0.15, -0.1) is 0 Å². The van der Waals surface area contributed by atoms with Gasteiger partial charge in [0.15, 0.2) is 0 Å². The molecule has 0 bridgehead atoms. The molecule has 15 heavy (non-hydrogen) atoms. The van der Waals surface area contributed by atoms with Crippen molar-refractivity contribution in [2.24, 2.45) is 11.8 Å². The first kappa shape index (κ1) is 10.6. The minimum absolute atomic E-state index is 0.140. The molecule has 1 aromatic carbocycles. The summed E-state index contributed by atoms with van der Waals surface area (Å²) >= 11 is 0. The van der Waals surface area contributed by atoms with Crippen LogP contribution < -0.4 is 5.32 Å². The van der Waals surface area contributed by atoms with Crippen LogP contribution in [0.5, 0.6) is 0 Å². The Morgan fingerprint density at radius 3 is 2.40 bits per heavy atom. The third kappa shape index (κ3) is 2.57. The Hall–Kier alpha value is -0.890. The van der Waals surface area contributed by atoms with Crippen LogP contribution in [0.15, 0.2) is 24.3 Å². The summed E-state index contributed by atoms with van der Waals surface area (Å²) in [6, 6.07) is 6.93. The highest BCUT2D eigenvalue weighted by Gasteiger charge is 2.29.